The molecule has 1 unspecified atom stereocenters. The molecule has 8 heteroatoms. The van der Waals surface area contributed by atoms with Gasteiger partial charge in [-0.1, -0.05) is 0 Å². The van der Waals surface area contributed by atoms with E-state index in [-0.39, 0.29) is 5.56 Å². The molecule has 8 nitrogen and oxygen atoms in total. The molecule has 1 aromatic carbocycles. The van der Waals surface area contributed by atoms with Crippen molar-refractivity contribution in [3.8, 4) is 0 Å². The lowest BCUT2D eigenvalue weighted by Crippen LogP contribution is -2.06. The van der Waals surface area contributed by atoms with Gasteiger partial charge in [0.1, 0.15) is 11.7 Å². The highest BCUT2D eigenvalue weighted by Crippen LogP contribution is 2.34. The van der Waals surface area contributed by atoms with Crippen molar-refractivity contribution in [2.24, 2.45) is 0 Å². The summed E-state index contributed by atoms with van der Waals surface area (Å²) >= 11 is 0. The van der Waals surface area contributed by atoms with Crippen molar-refractivity contribution in [1.29, 1.82) is 0 Å². The summed E-state index contributed by atoms with van der Waals surface area (Å²) in [4.78, 5) is 30.0. The monoisotopic (exact) mass is 239 g/mol. The minimum Gasteiger partial charge on any atom is -0.449 e. The van der Waals surface area contributed by atoms with Crippen molar-refractivity contribution in [2.45, 2.75) is 13.0 Å². The second-order valence-electron chi connectivity index (χ2n) is 3.07. The lowest BCUT2D eigenvalue weighted by molar-refractivity contribution is -0.396. The molecule has 89 valence electrons. The van der Waals surface area contributed by atoms with Crippen LogP contribution in [0.5, 0.6) is 0 Å². The normalized spacial score (nSPS) is 11.6. The van der Waals surface area contributed by atoms with Gasteiger partial charge < -0.3 is 4.74 Å². The van der Waals surface area contributed by atoms with Crippen molar-refractivity contribution in [3.05, 3.63) is 44.0 Å². The third-order valence-electron chi connectivity index (χ3n) is 2.08. The number of hydrogen-bond acceptors (Lipinski definition) is 6. The van der Waals surface area contributed by atoms with Gasteiger partial charge in [0, 0.05) is 12.1 Å². The molecule has 0 N–H and O–H groups in total. The molecule has 0 bridgehead atoms. The summed E-state index contributed by atoms with van der Waals surface area (Å²) in [5.74, 6) is 0. The Morgan fingerprint density at radius 1 is 1.24 bits per heavy atom. The first kappa shape index (κ1) is 12.6. The summed E-state index contributed by atoms with van der Waals surface area (Å²) in [6, 6.07) is 3.40. The lowest BCUT2D eigenvalue weighted by atomic mass is 10.1. The van der Waals surface area contributed by atoms with E-state index < -0.39 is 27.3 Å². The van der Waals surface area contributed by atoms with Crippen molar-refractivity contribution in [1.82, 2.24) is 0 Å². The fraction of sp³-hybridized carbons (Fsp3) is 0.222. The van der Waals surface area contributed by atoms with E-state index in [1.165, 1.54) is 13.0 Å². The Labute approximate surface area is 95.1 Å². The first-order valence-corrected chi connectivity index (χ1v) is 4.43. The lowest BCUT2D eigenvalue weighted by Gasteiger charge is -2.09. The van der Waals surface area contributed by atoms with E-state index in [1.807, 2.05) is 0 Å². The first-order valence-electron chi connectivity index (χ1n) is 4.43. The van der Waals surface area contributed by atoms with Crippen LogP contribution in [0, 0.1) is 20.2 Å². The van der Waals surface area contributed by atoms with Crippen LogP contribution in [0.25, 0.3) is 0 Å². The van der Waals surface area contributed by atoms with Crippen LogP contribution in [0.4, 0.5) is 11.4 Å². The molecule has 1 aromatic rings. The van der Waals surface area contributed by atoms with Crippen LogP contribution in [-0.4, -0.2) is 16.3 Å². The molecule has 0 spiro atoms. The third kappa shape index (κ3) is 2.54. The number of rotatable bonds is 5. The largest absolute Gasteiger partial charge is 0.449 e. The highest BCUT2D eigenvalue weighted by atomic mass is 16.6. The third-order valence-corrected chi connectivity index (χ3v) is 2.08. The maximum Gasteiger partial charge on any atom is 0.418 e. The molecule has 0 heterocycles. The number of benzene rings is 1. The Kier molecular flexibility index (Phi) is 3.70. The molecule has 1 atom stereocenters. The van der Waals surface area contributed by atoms with Crippen molar-refractivity contribution in [2.75, 3.05) is 0 Å². The van der Waals surface area contributed by atoms with E-state index in [9.17, 15) is 25.0 Å². The molecule has 0 saturated heterocycles. The summed E-state index contributed by atoms with van der Waals surface area (Å²) in [6.45, 7) is 2.39. The maximum atomic E-state index is 10.7. The van der Waals surface area contributed by atoms with E-state index in [2.05, 4.69) is 4.74 Å². The van der Waals surface area contributed by atoms with E-state index in [1.54, 1.807) is 0 Å². The van der Waals surface area contributed by atoms with E-state index >= 15 is 0 Å². The van der Waals surface area contributed by atoms with Gasteiger partial charge >= 0.3 is 6.47 Å². The molecule has 17 heavy (non-hydrogen) atoms. The Morgan fingerprint density at radius 3 is 2.06 bits per heavy atom. The van der Waals surface area contributed by atoms with Crippen molar-refractivity contribution >= 4 is 17.8 Å². The molecule has 1 radical (unpaired) electrons. The molecule has 0 aromatic heterocycles. The average molecular weight is 239 g/mol. The fourth-order valence-electron chi connectivity index (χ4n) is 1.41. The average Bonchev–Trinajstić information content (AvgIpc) is 2.28. The standard InChI is InChI=1S/C9H7N2O6/c1-6(17-5-12)9-7(10(13)14)3-2-4-8(9)11(15)16/h2-4,6H,1H3. The Bertz CT molecular complexity index is 440. The Hall–Kier alpha value is -2.51. The minimum absolute atomic E-state index is 0.258. The zero-order valence-electron chi connectivity index (χ0n) is 8.65. The highest BCUT2D eigenvalue weighted by molar-refractivity contribution is 5.55. The minimum atomic E-state index is -1.12. The second-order valence-corrected chi connectivity index (χ2v) is 3.07. The number of carbonyl (C=O) groups excluding carboxylic acids is 1. The predicted molar refractivity (Wildman–Crippen MR) is 54.9 cm³/mol. The molecule has 0 fully saturated rings. The van der Waals surface area contributed by atoms with Crippen LogP contribution in [0.2, 0.25) is 0 Å². The number of ether oxygens (including phenoxy) is 1. The van der Waals surface area contributed by atoms with Crippen LogP contribution < -0.4 is 0 Å². The van der Waals surface area contributed by atoms with Crippen LogP contribution in [0.15, 0.2) is 18.2 Å². The summed E-state index contributed by atoms with van der Waals surface area (Å²) in [5, 5.41) is 21.5. The predicted octanol–water partition coefficient (Wildman–Crippen LogP) is 1.65. The maximum absolute atomic E-state index is 10.7. The van der Waals surface area contributed by atoms with Gasteiger partial charge in [0.25, 0.3) is 11.4 Å². The quantitative estimate of drug-likeness (QED) is 0.570. The summed E-state index contributed by atoms with van der Waals surface area (Å²) in [7, 11) is 0. The van der Waals surface area contributed by atoms with Gasteiger partial charge in [0.2, 0.25) is 0 Å². The molecule has 0 aliphatic heterocycles. The van der Waals surface area contributed by atoms with E-state index in [4.69, 9.17) is 0 Å². The molecule has 0 amide bonds. The van der Waals surface area contributed by atoms with Gasteiger partial charge in [-0.3, -0.25) is 20.2 Å². The number of nitro benzene ring substituents is 2. The van der Waals surface area contributed by atoms with Crippen LogP contribution in [0.1, 0.15) is 18.6 Å². The topological polar surface area (TPSA) is 113 Å². The van der Waals surface area contributed by atoms with Gasteiger partial charge in [0.05, 0.1) is 9.85 Å². The van der Waals surface area contributed by atoms with Crippen molar-refractivity contribution in [3.63, 3.8) is 0 Å². The number of nitrogens with zero attached hydrogens (tertiary/aromatic N) is 2. The summed E-state index contributed by atoms with van der Waals surface area (Å²) < 4.78 is 4.40. The molecule has 0 aliphatic carbocycles. The molecule has 0 saturated carbocycles. The van der Waals surface area contributed by atoms with E-state index in [0.717, 1.165) is 18.6 Å². The van der Waals surface area contributed by atoms with Gasteiger partial charge in [0.15, 0.2) is 0 Å². The van der Waals surface area contributed by atoms with Crippen molar-refractivity contribution < 1.29 is 19.4 Å². The second kappa shape index (κ2) is 5.01. The number of nitro groups is 2. The van der Waals surface area contributed by atoms with Crippen LogP contribution in [-0.2, 0) is 9.53 Å². The molecular weight excluding hydrogens is 232 g/mol. The fourth-order valence-corrected chi connectivity index (χ4v) is 1.41. The zero-order valence-corrected chi connectivity index (χ0v) is 8.65. The van der Waals surface area contributed by atoms with E-state index in [0.29, 0.717) is 0 Å². The van der Waals surface area contributed by atoms with Gasteiger partial charge in [-0.25, -0.2) is 4.79 Å². The SMILES string of the molecule is CC(O[C]=O)c1c([N+](=O)[O-])cccc1[N+](=O)[O-]. The molecule has 1 rings (SSSR count). The summed E-state index contributed by atoms with van der Waals surface area (Å²) in [6.07, 6.45) is -1.12. The smallest absolute Gasteiger partial charge is 0.418 e. The van der Waals surface area contributed by atoms with Gasteiger partial charge in [-0.05, 0) is 13.0 Å². The van der Waals surface area contributed by atoms with Gasteiger partial charge in [-0.2, -0.15) is 0 Å². The van der Waals surface area contributed by atoms with Crippen LogP contribution in [0.3, 0.4) is 0 Å². The Balaban J connectivity index is 3.43. The summed E-state index contributed by atoms with van der Waals surface area (Å²) in [5.41, 5.74) is -1.20. The zero-order chi connectivity index (χ0) is 13.0. The highest BCUT2D eigenvalue weighted by Gasteiger charge is 2.29. The molecular formula is C9H7N2O6. The molecule has 0 aliphatic rings. The number of hydrogen-bond donors (Lipinski definition) is 0. The Morgan fingerprint density at radius 2 is 1.71 bits per heavy atom. The van der Waals surface area contributed by atoms with Crippen LogP contribution >= 0.6 is 0 Å². The van der Waals surface area contributed by atoms with Gasteiger partial charge in [-0.15, -0.1) is 0 Å². The first-order chi connectivity index (χ1) is 7.99.